The molecule has 0 amide bonds. The van der Waals surface area contributed by atoms with Crippen LogP contribution in [0.5, 0.6) is 11.5 Å². The van der Waals surface area contributed by atoms with E-state index in [1.54, 1.807) is 12.1 Å². The Balaban J connectivity index is -0.000000384. The minimum Gasteiger partial charge on any atom is -0.508 e. The van der Waals surface area contributed by atoms with Crippen LogP contribution in [-0.4, -0.2) is 21.2 Å². The molecule has 0 bridgehead atoms. The molecule has 27 heavy (non-hydrogen) atoms. The van der Waals surface area contributed by atoms with E-state index >= 15 is 0 Å². The van der Waals surface area contributed by atoms with Crippen molar-refractivity contribution in [3.63, 3.8) is 0 Å². The molecule has 0 saturated heterocycles. The van der Waals surface area contributed by atoms with Crippen LogP contribution in [0.3, 0.4) is 0 Å². The second-order valence-electron chi connectivity index (χ2n) is 6.17. The summed E-state index contributed by atoms with van der Waals surface area (Å²) in [5, 5.41) is 18.8. The van der Waals surface area contributed by atoms with E-state index in [-0.39, 0.29) is 27.7 Å². The summed E-state index contributed by atoms with van der Waals surface area (Å²) in [5.41, 5.74) is 2.15. The molecule has 4 nitrogen and oxygen atoms in total. The van der Waals surface area contributed by atoms with E-state index < -0.39 is 0 Å². The Morgan fingerprint density at radius 1 is 0.593 bits per heavy atom. The molecule has 6 N–H and O–H groups in total. The Morgan fingerprint density at radius 3 is 1.22 bits per heavy atom. The quantitative estimate of drug-likeness (QED) is 0.606. The van der Waals surface area contributed by atoms with Gasteiger partial charge in [0.25, 0.3) is 0 Å². The van der Waals surface area contributed by atoms with Gasteiger partial charge in [0.15, 0.2) is 0 Å². The van der Waals surface area contributed by atoms with Crippen LogP contribution in [0.2, 0.25) is 0 Å². The molecule has 0 spiro atoms. The van der Waals surface area contributed by atoms with E-state index in [0.717, 1.165) is 24.0 Å². The predicted molar refractivity (Wildman–Crippen MR) is 110 cm³/mol. The van der Waals surface area contributed by atoms with Gasteiger partial charge >= 0.3 is 0 Å². The Hall–Kier alpha value is -1.53. The van der Waals surface area contributed by atoms with Crippen LogP contribution in [0.1, 0.15) is 63.5 Å². The number of unbranched alkanes of at least 4 members (excludes halogenated alkanes) is 4. The monoisotopic (exact) mass is 423 g/mol. The first kappa shape index (κ1) is 30.2. The zero-order chi connectivity index (χ0) is 17.6. The molecular formula is C22H36CoO4. The topological polar surface area (TPSA) is 103 Å². The number of aromatic hydroxyl groups is 2. The maximum atomic E-state index is 9.41. The smallest absolute Gasteiger partial charge is 0.118 e. The molecule has 5 heteroatoms. The van der Waals surface area contributed by atoms with Crippen molar-refractivity contribution in [2.24, 2.45) is 0 Å². The number of phenolic OH excluding ortho intramolecular Hbond substituents is 2. The summed E-state index contributed by atoms with van der Waals surface area (Å²) in [6.45, 7) is 4.37. The van der Waals surface area contributed by atoms with Crippen LogP contribution in [0, 0.1) is 0 Å². The first-order valence-corrected chi connectivity index (χ1v) is 9.22. The van der Waals surface area contributed by atoms with Gasteiger partial charge in [0.1, 0.15) is 11.5 Å². The number of hydrogen-bond acceptors (Lipinski definition) is 2. The van der Waals surface area contributed by atoms with Gasteiger partial charge < -0.3 is 21.2 Å². The molecule has 157 valence electrons. The molecule has 0 aromatic heterocycles. The van der Waals surface area contributed by atoms with Crippen LogP contribution in [0.15, 0.2) is 48.5 Å². The molecule has 0 unspecified atom stereocenters. The van der Waals surface area contributed by atoms with Crippen LogP contribution in [0.25, 0.3) is 0 Å². The molecule has 2 aromatic carbocycles. The largest absolute Gasteiger partial charge is 0.508 e. The van der Waals surface area contributed by atoms with Crippen molar-refractivity contribution in [1.82, 2.24) is 0 Å². The standard InChI is InChI=1S/2C11H16O.Co.2H2O/c2*1-2-3-4-7-10-8-5-6-9-11(10)12;;;/h2*5-6,8-9,12H,2-4,7H2,1H3;;2*1H2. The summed E-state index contributed by atoms with van der Waals surface area (Å²) < 4.78 is 0. The minimum atomic E-state index is 0. The maximum absolute atomic E-state index is 9.41. The van der Waals surface area contributed by atoms with Crippen molar-refractivity contribution in [2.45, 2.75) is 65.2 Å². The second-order valence-corrected chi connectivity index (χ2v) is 6.17. The van der Waals surface area contributed by atoms with Crippen molar-refractivity contribution in [1.29, 1.82) is 0 Å². The summed E-state index contributed by atoms with van der Waals surface area (Å²) in [5.74, 6) is 0.877. The van der Waals surface area contributed by atoms with Crippen molar-refractivity contribution >= 4 is 0 Å². The molecule has 0 aliphatic carbocycles. The summed E-state index contributed by atoms with van der Waals surface area (Å²) >= 11 is 0. The Labute approximate surface area is 174 Å². The third kappa shape index (κ3) is 13.3. The molecule has 0 fully saturated rings. The zero-order valence-electron chi connectivity index (χ0n) is 16.5. The average Bonchev–Trinajstić information content (AvgIpc) is 2.59. The van der Waals surface area contributed by atoms with Crippen molar-refractivity contribution in [3.8, 4) is 11.5 Å². The molecule has 1 radical (unpaired) electrons. The molecule has 0 aliphatic rings. The van der Waals surface area contributed by atoms with Crippen molar-refractivity contribution in [3.05, 3.63) is 59.7 Å². The number of hydrogen-bond donors (Lipinski definition) is 2. The van der Waals surface area contributed by atoms with E-state index in [0.29, 0.717) is 11.5 Å². The van der Waals surface area contributed by atoms with E-state index in [4.69, 9.17) is 0 Å². The summed E-state index contributed by atoms with van der Waals surface area (Å²) in [6, 6.07) is 15.2. The van der Waals surface area contributed by atoms with Gasteiger partial charge in [0, 0.05) is 16.8 Å². The first-order chi connectivity index (χ1) is 11.7. The van der Waals surface area contributed by atoms with E-state index in [1.165, 1.54) is 38.5 Å². The maximum Gasteiger partial charge on any atom is 0.118 e. The predicted octanol–water partition coefficient (Wildman–Crippen LogP) is 4.60. The molecule has 0 atom stereocenters. The van der Waals surface area contributed by atoms with Crippen LogP contribution in [-0.2, 0) is 29.6 Å². The number of para-hydroxylation sites is 2. The summed E-state index contributed by atoms with van der Waals surface area (Å²) in [6.07, 6.45) is 9.30. The minimum absolute atomic E-state index is 0. The van der Waals surface area contributed by atoms with Crippen molar-refractivity contribution in [2.75, 3.05) is 0 Å². The Bertz CT molecular complexity index is 524. The van der Waals surface area contributed by atoms with Crippen LogP contribution >= 0.6 is 0 Å². The first-order valence-electron chi connectivity index (χ1n) is 9.22. The van der Waals surface area contributed by atoms with Gasteiger partial charge in [-0.3, -0.25) is 0 Å². The fraction of sp³-hybridized carbons (Fsp3) is 0.455. The van der Waals surface area contributed by atoms with Gasteiger partial charge in [-0.05, 0) is 48.9 Å². The van der Waals surface area contributed by atoms with Gasteiger partial charge in [-0.1, -0.05) is 75.9 Å². The van der Waals surface area contributed by atoms with E-state index in [9.17, 15) is 10.2 Å². The second kappa shape index (κ2) is 19.2. The van der Waals surface area contributed by atoms with Gasteiger partial charge in [0.05, 0.1) is 0 Å². The summed E-state index contributed by atoms with van der Waals surface area (Å²) in [4.78, 5) is 0. The third-order valence-corrected chi connectivity index (χ3v) is 4.08. The number of phenols is 2. The van der Waals surface area contributed by atoms with Crippen molar-refractivity contribution < 1.29 is 37.9 Å². The summed E-state index contributed by atoms with van der Waals surface area (Å²) in [7, 11) is 0. The third-order valence-electron chi connectivity index (χ3n) is 4.08. The van der Waals surface area contributed by atoms with E-state index in [2.05, 4.69) is 13.8 Å². The molecule has 2 aromatic rings. The number of benzene rings is 2. The van der Waals surface area contributed by atoms with Crippen LogP contribution < -0.4 is 0 Å². The van der Waals surface area contributed by atoms with Crippen LogP contribution in [0.4, 0.5) is 0 Å². The molecule has 0 saturated carbocycles. The normalized spacial score (nSPS) is 8.96. The molecule has 0 heterocycles. The zero-order valence-corrected chi connectivity index (χ0v) is 17.5. The SMILES string of the molecule is CCCCCc1ccccc1O.CCCCCc1ccccc1O.O.O.[Co]. The van der Waals surface area contributed by atoms with Gasteiger partial charge in [-0.2, -0.15) is 0 Å². The van der Waals surface area contributed by atoms with E-state index in [1.807, 2.05) is 36.4 Å². The molecular weight excluding hydrogens is 387 g/mol. The van der Waals surface area contributed by atoms with Gasteiger partial charge in [-0.25, -0.2) is 0 Å². The molecule has 0 aliphatic heterocycles. The number of aryl methyl sites for hydroxylation is 2. The van der Waals surface area contributed by atoms with Gasteiger partial charge in [0.2, 0.25) is 0 Å². The van der Waals surface area contributed by atoms with Gasteiger partial charge in [-0.15, -0.1) is 0 Å². The fourth-order valence-corrected chi connectivity index (χ4v) is 2.58. The Morgan fingerprint density at radius 2 is 0.926 bits per heavy atom. The molecule has 2 rings (SSSR count). The number of rotatable bonds is 8. The average molecular weight is 423 g/mol. The Kier molecular flexibility index (Phi) is 21.5. The fourth-order valence-electron chi connectivity index (χ4n) is 2.58.